The molecule has 126 valence electrons. The van der Waals surface area contributed by atoms with E-state index in [0.717, 1.165) is 39.9 Å². The summed E-state index contributed by atoms with van der Waals surface area (Å²) in [5.41, 5.74) is 5.60. The fraction of sp³-hybridized carbons (Fsp3) is 0.111. The van der Waals surface area contributed by atoms with E-state index in [-0.39, 0.29) is 5.69 Å². The largest absolute Gasteiger partial charge is 0.476 e. The summed E-state index contributed by atoms with van der Waals surface area (Å²) in [4.78, 5) is 11.3. The smallest absolute Gasteiger partial charge is 0.356 e. The van der Waals surface area contributed by atoms with Crippen LogP contribution in [0.1, 0.15) is 21.6 Å². The average molecular weight is 438 g/mol. The van der Waals surface area contributed by atoms with Crippen LogP contribution >= 0.6 is 39.1 Å². The number of aromatic amines is 1. The zero-order valence-corrected chi connectivity index (χ0v) is 15.8. The van der Waals surface area contributed by atoms with E-state index in [2.05, 4.69) is 32.2 Å². The van der Waals surface area contributed by atoms with Gasteiger partial charge < -0.3 is 5.11 Å². The normalized spacial score (nSPS) is 12.6. The second-order valence-electron chi connectivity index (χ2n) is 5.86. The molecule has 1 heterocycles. The summed E-state index contributed by atoms with van der Waals surface area (Å²) in [7, 11) is 0. The van der Waals surface area contributed by atoms with E-state index < -0.39 is 5.97 Å². The van der Waals surface area contributed by atoms with Crippen LogP contribution in [0.2, 0.25) is 10.0 Å². The molecule has 1 aromatic heterocycles. The summed E-state index contributed by atoms with van der Waals surface area (Å²) >= 11 is 15.8. The monoisotopic (exact) mass is 436 g/mol. The maximum Gasteiger partial charge on any atom is 0.356 e. The van der Waals surface area contributed by atoms with Crippen LogP contribution in [0.15, 0.2) is 34.8 Å². The van der Waals surface area contributed by atoms with Crippen molar-refractivity contribution in [3.05, 3.63) is 61.7 Å². The number of hydrogen-bond acceptors (Lipinski definition) is 2. The molecule has 2 aromatic carbocycles. The number of aromatic carboxylic acids is 1. The van der Waals surface area contributed by atoms with Crippen molar-refractivity contribution in [2.45, 2.75) is 12.8 Å². The molecular weight excluding hydrogens is 427 g/mol. The van der Waals surface area contributed by atoms with Crippen LogP contribution in [0.3, 0.4) is 0 Å². The van der Waals surface area contributed by atoms with Gasteiger partial charge in [-0.05, 0) is 63.7 Å². The SMILES string of the molecule is O=C(O)c1n[nH]c2c1CCc1ccc(-c3cc(Cl)c(Br)c(Cl)c3)cc1-2. The van der Waals surface area contributed by atoms with Gasteiger partial charge >= 0.3 is 5.97 Å². The number of halogens is 3. The van der Waals surface area contributed by atoms with Gasteiger partial charge in [0, 0.05) is 11.1 Å². The Morgan fingerprint density at radius 3 is 2.52 bits per heavy atom. The van der Waals surface area contributed by atoms with Crippen LogP contribution < -0.4 is 0 Å². The van der Waals surface area contributed by atoms with Gasteiger partial charge in [-0.1, -0.05) is 35.3 Å². The van der Waals surface area contributed by atoms with E-state index in [4.69, 9.17) is 23.2 Å². The minimum Gasteiger partial charge on any atom is -0.476 e. The second kappa shape index (κ2) is 6.16. The highest BCUT2D eigenvalue weighted by molar-refractivity contribution is 9.10. The van der Waals surface area contributed by atoms with Crippen LogP contribution in [0.4, 0.5) is 0 Å². The van der Waals surface area contributed by atoms with Crippen molar-refractivity contribution in [2.24, 2.45) is 0 Å². The summed E-state index contributed by atoms with van der Waals surface area (Å²) in [5.74, 6) is -1.01. The highest BCUT2D eigenvalue weighted by Crippen LogP contribution is 2.39. The van der Waals surface area contributed by atoms with E-state index >= 15 is 0 Å². The lowest BCUT2D eigenvalue weighted by atomic mass is 9.87. The number of fused-ring (bicyclic) bond motifs is 3. The van der Waals surface area contributed by atoms with Crippen LogP contribution in [-0.4, -0.2) is 21.3 Å². The molecule has 4 nitrogen and oxygen atoms in total. The van der Waals surface area contributed by atoms with Crippen molar-refractivity contribution < 1.29 is 9.90 Å². The van der Waals surface area contributed by atoms with Gasteiger partial charge in [0.15, 0.2) is 5.69 Å². The molecule has 0 amide bonds. The quantitative estimate of drug-likeness (QED) is 0.512. The highest BCUT2D eigenvalue weighted by atomic mass is 79.9. The Morgan fingerprint density at radius 2 is 1.84 bits per heavy atom. The van der Waals surface area contributed by atoms with E-state index in [1.165, 1.54) is 0 Å². The Hall–Kier alpha value is -1.82. The molecule has 0 atom stereocenters. The van der Waals surface area contributed by atoms with Gasteiger partial charge in [0.1, 0.15) is 0 Å². The summed E-state index contributed by atoms with van der Waals surface area (Å²) in [6, 6.07) is 9.79. The van der Waals surface area contributed by atoms with Crippen LogP contribution in [-0.2, 0) is 12.8 Å². The van der Waals surface area contributed by atoms with Crippen molar-refractivity contribution in [3.8, 4) is 22.4 Å². The lowest BCUT2D eigenvalue weighted by Crippen LogP contribution is -2.07. The van der Waals surface area contributed by atoms with E-state index in [9.17, 15) is 9.90 Å². The number of carbonyl (C=O) groups is 1. The van der Waals surface area contributed by atoms with E-state index in [0.29, 0.717) is 20.9 Å². The van der Waals surface area contributed by atoms with Gasteiger partial charge in [0.2, 0.25) is 0 Å². The molecule has 0 aliphatic heterocycles. The van der Waals surface area contributed by atoms with Crippen LogP contribution in [0.25, 0.3) is 22.4 Å². The molecule has 0 bridgehead atoms. The molecule has 0 unspecified atom stereocenters. The highest BCUT2D eigenvalue weighted by Gasteiger charge is 2.25. The maximum absolute atomic E-state index is 11.3. The number of H-pyrrole nitrogens is 1. The predicted molar refractivity (Wildman–Crippen MR) is 102 cm³/mol. The molecule has 1 aliphatic carbocycles. The summed E-state index contributed by atoms with van der Waals surface area (Å²) in [5, 5.41) is 17.2. The maximum atomic E-state index is 11.3. The van der Waals surface area contributed by atoms with Gasteiger partial charge in [0.25, 0.3) is 0 Å². The zero-order valence-electron chi connectivity index (χ0n) is 12.7. The molecule has 0 spiro atoms. The number of carboxylic acid groups (broad SMARTS) is 1. The third-order valence-electron chi connectivity index (χ3n) is 4.41. The van der Waals surface area contributed by atoms with Crippen molar-refractivity contribution in [2.75, 3.05) is 0 Å². The first-order valence-electron chi connectivity index (χ1n) is 7.54. The molecule has 0 saturated heterocycles. The first-order valence-corrected chi connectivity index (χ1v) is 9.09. The van der Waals surface area contributed by atoms with Gasteiger partial charge in [-0.2, -0.15) is 5.10 Å². The molecule has 25 heavy (non-hydrogen) atoms. The van der Waals surface area contributed by atoms with Crippen molar-refractivity contribution in [1.29, 1.82) is 0 Å². The molecule has 3 aromatic rings. The average Bonchev–Trinajstić information content (AvgIpc) is 3.03. The topological polar surface area (TPSA) is 66.0 Å². The van der Waals surface area contributed by atoms with Crippen LogP contribution in [0.5, 0.6) is 0 Å². The fourth-order valence-electron chi connectivity index (χ4n) is 3.20. The van der Waals surface area contributed by atoms with E-state index in [1.54, 1.807) is 0 Å². The third kappa shape index (κ3) is 2.76. The van der Waals surface area contributed by atoms with Gasteiger partial charge in [-0.3, -0.25) is 5.10 Å². The fourth-order valence-corrected chi connectivity index (χ4v) is 3.91. The number of rotatable bonds is 2. The minimum atomic E-state index is -1.01. The number of carboxylic acids is 1. The van der Waals surface area contributed by atoms with Crippen LogP contribution in [0, 0.1) is 0 Å². The Balaban J connectivity index is 1.86. The summed E-state index contributed by atoms with van der Waals surface area (Å²) < 4.78 is 0.666. The number of benzene rings is 2. The molecule has 0 saturated carbocycles. The number of hydrogen-bond donors (Lipinski definition) is 2. The third-order valence-corrected chi connectivity index (χ3v) is 6.32. The Morgan fingerprint density at radius 1 is 1.12 bits per heavy atom. The van der Waals surface area contributed by atoms with Gasteiger partial charge in [-0.15, -0.1) is 0 Å². The lowest BCUT2D eigenvalue weighted by molar-refractivity contribution is 0.0689. The number of aryl methyl sites for hydroxylation is 1. The van der Waals surface area contributed by atoms with Gasteiger partial charge in [0.05, 0.1) is 20.2 Å². The first kappa shape index (κ1) is 16.6. The zero-order chi connectivity index (χ0) is 17.7. The molecule has 2 N–H and O–H groups in total. The summed E-state index contributed by atoms with van der Waals surface area (Å²) in [6.07, 6.45) is 1.44. The van der Waals surface area contributed by atoms with E-state index in [1.807, 2.05) is 24.3 Å². The Labute approximate surface area is 161 Å². The van der Waals surface area contributed by atoms with Crippen molar-refractivity contribution >= 4 is 45.1 Å². The Bertz CT molecular complexity index is 1010. The lowest BCUT2D eigenvalue weighted by Gasteiger charge is -2.17. The molecule has 7 heteroatoms. The Kier molecular flexibility index (Phi) is 4.10. The van der Waals surface area contributed by atoms with Crippen molar-refractivity contribution in [1.82, 2.24) is 10.2 Å². The molecule has 4 rings (SSSR count). The first-order chi connectivity index (χ1) is 12.0. The standard InChI is InChI=1S/C18H11BrCl2N2O2/c19-15-13(20)6-10(7-14(15)21)9-2-1-8-3-4-11-16(12(8)5-9)22-23-17(11)18(24)25/h1-2,5-7H,3-4H2,(H,22,23)(H,24,25). The minimum absolute atomic E-state index is 0.0979. The molecule has 1 aliphatic rings. The second-order valence-corrected chi connectivity index (χ2v) is 7.46. The molecule has 0 radical (unpaired) electrons. The number of nitrogens with one attached hydrogen (secondary N) is 1. The number of nitrogens with zero attached hydrogens (tertiary/aromatic N) is 1. The van der Waals surface area contributed by atoms with Gasteiger partial charge in [-0.25, -0.2) is 4.79 Å². The number of aromatic nitrogens is 2. The summed E-state index contributed by atoms with van der Waals surface area (Å²) in [6.45, 7) is 0. The molecule has 0 fully saturated rings. The predicted octanol–water partition coefficient (Wildman–Crippen LogP) is 5.61. The van der Waals surface area contributed by atoms with Crippen molar-refractivity contribution in [3.63, 3.8) is 0 Å². The molecular formula is C18H11BrCl2N2O2.